The molecule has 0 saturated heterocycles. The number of nitrogens with two attached hydrogens (primary N) is 1. The van der Waals surface area contributed by atoms with E-state index < -0.39 is 6.04 Å². The second kappa shape index (κ2) is 5.91. The van der Waals surface area contributed by atoms with E-state index in [9.17, 15) is 4.79 Å². The summed E-state index contributed by atoms with van der Waals surface area (Å²) in [5.74, 6) is 2.02. The van der Waals surface area contributed by atoms with Crippen molar-refractivity contribution in [2.45, 2.75) is 19.1 Å². The zero-order chi connectivity index (χ0) is 12.0. The first-order valence-corrected chi connectivity index (χ1v) is 4.87. The van der Waals surface area contributed by atoms with Crippen LogP contribution in [0.3, 0.4) is 0 Å². The first-order chi connectivity index (χ1) is 7.67. The molecular formula is C12H14N2O2. The largest absolute Gasteiger partial charge is 0.392 e. The third kappa shape index (κ3) is 3.39. The molecule has 1 aromatic carbocycles. The molecule has 0 aliphatic rings. The first kappa shape index (κ1) is 12.2. The molecule has 84 valence electrons. The van der Waals surface area contributed by atoms with Gasteiger partial charge in [0.25, 0.3) is 0 Å². The molecule has 4 N–H and O–H groups in total. The zero-order valence-corrected chi connectivity index (χ0v) is 8.81. The van der Waals surface area contributed by atoms with Crippen LogP contribution in [0.1, 0.15) is 12.0 Å². The van der Waals surface area contributed by atoms with Crippen molar-refractivity contribution in [2.24, 2.45) is 5.73 Å². The number of nitrogens with one attached hydrogen (secondary N) is 1. The molecule has 1 aromatic rings. The van der Waals surface area contributed by atoms with Crippen LogP contribution in [0, 0.1) is 12.3 Å². The standard InChI is InChI=1S/C12H14N2O2/c1-2-3-11(13)12(16)14-10-6-4-9(8-15)5-7-10/h1,4-7,11,15H,3,8,13H2,(H,14,16). The lowest BCUT2D eigenvalue weighted by atomic mass is 10.2. The number of rotatable bonds is 4. The molecule has 0 radical (unpaired) electrons. The van der Waals surface area contributed by atoms with Crippen LogP contribution in [0.2, 0.25) is 0 Å². The fourth-order valence-electron chi connectivity index (χ4n) is 1.15. The molecule has 0 aliphatic carbocycles. The van der Waals surface area contributed by atoms with Gasteiger partial charge in [0.15, 0.2) is 0 Å². The number of aliphatic hydroxyl groups excluding tert-OH is 1. The van der Waals surface area contributed by atoms with Gasteiger partial charge in [-0.15, -0.1) is 12.3 Å². The lowest BCUT2D eigenvalue weighted by molar-refractivity contribution is -0.117. The van der Waals surface area contributed by atoms with Gasteiger partial charge in [0.05, 0.1) is 12.6 Å². The topological polar surface area (TPSA) is 75.4 Å². The summed E-state index contributed by atoms with van der Waals surface area (Å²) < 4.78 is 0. The molecule has 4 nitrogen and oxygen atoms in total. The second-order valence-corrected chi connectivity index (χ2v) is 3.36. The Labute approximate surface area is 94.5 Å². The molecule has 0 saturated carbocycles. The summed E-state index contributed by atoms with van der Waals surface area (Å²) in [6, 6.07) is 6.16. The second-order valence-electron chi connectivity index (χ2n) is 3.36. The molecule has 0 bridgehead atoms. The van der Waals surface area contributed by atoms with Gasteiger partial charge in [-0.1, -0.05) is 12.1 Å². The van der Waals surface area contributed by atoms with Crippen molar-refractivity contribution in [2.75, 3.05) is 5.32 Å². The fraction of sp³-hybridized carbons (Fsp3) is 0.250. The van der Waals surface area contributed by atoms with Crippen molar-refractivity contribution in [1.29, 1.82) is 0 Å². The Hall–Kier alpha value is -1.83. The Morgan fingerprint density at radius 2 is 2.12 bits per heavy atom. The highest BCUT2D eigenvalue weighted by atomic mass is 16.3. The molecule has 0 spiro atoms. The Kier molecular flexibility index (Phi) is 4.52. The Morgan fingerprint density at radius 1 is 1.50 bits per heavy atom. The lowest BCUT2D eigenvalue weighted by Crippen LogP contribution is -2.35. The summed E-state index contributed by atoms with van der Waals surface area (Å²) >= 11 is 0. The van der Waals surface area contributed by atoms with Crippen LogP contribution in [0.4, 0.5) is 5.69 Å². The highest BCUT2D eigenvalue weighted by Crippen LogP contribution is 2.09. The number of hydrogen-bond donors (Lipinski definition) is 3. The van der Waals surface area contributed by atoms with Crippen LogP contribution in [0.25, 0.3) is 0 Å². The smallest absolute Gasteiger partial charge is 0.242 e. The van der Waals surface area contributed by atoms with E-state index in [-0.39, 0.29) is 18.9 Å². The van der Waals surface area contributed by atoms with Gasteiger partial charge in [-0.05, 0) is 17.7 Å². The van der Waals surface area contributed by atoms with Crippen LogP contribution in [-0.4, -0.2) is 17.1 Å². The number of carbonyl (C=O) groups excluding carboxylic acids is 1. The van der Waals surface area contributed by atoms with Crippen LogP contribution < -0.4 is 11.1 Å². The van der Waals surface area contributed by atoms with E-state index in [1.165, 1.54) is 0 Å². The highest BCUT2D eigenvalue weighted by molar-refractivity contribution is 5.94. The van der Waals surface area contributed by atoms with E-state index in [1.807, 2.05) is 0 Å². The third-order valence-corrected chi connectivity index (χ3v) is 2.08. The van der Waals surface area contributed by atoms with Gasteiger partial charge in [-0.2, -0.15) is 0 Å². The van der Waals surface area contributed by atoms with E-state index in [0.29, 0.717) is 5.69 Å². The maximum atomic E-state index is 11.5. The molecule has 16 heavy (non-hydrogen) atoms. The summed E-state index contributed by atoms with van der Waals surface area (Å²) in [6.45, 7) is -0.0230. The van der Waals surface area contributed by atoms with Crippen molar-refractivity contribution in [1.82, 2.24) is 0 Å². The number of carbonyl (C=O) groups is 1. The minimum Gasteiger partial charge on any atom is -0.392 e. The van der Waals surface area contributed by atoms with E-state index in [1.54, 1.807) is 24.3 Å². The number of aliphatic hydroxyl groups is 1. The van der Waals surface area contributed by atoms with Crippen molar-refractivity contribution in [3.63, 3.8) is 0 Å². The minimum absolute atomic E-state index is 0.0230. The molecule has 0 aliphatic heterocycles. The molecule has 4 heteroatoms. The number of hydrogen-bond acceptors (Lipinski definition) is 3. The average Bonchev–Trinajstić information content (AvgIpc) is 2.30. The molecule has 0 heterocycles. The monoisotopic (exact) mass is 218 g/mol. The number of benzene rings is 1. The zero-order valence-electron chi connectivity index (χ0n) is 8.81. The van der Waals surface area contributed by atoms with E-state index >= 15 is 0 Å². The van der Waals surface area contributed by atoms with Gasteiger partial charge < -0.3 is 16.2 Å². The summed E-state index contributed by atoms with van der Waals surface area (Å²) in [5.41, 5.74) is 6.95. The van der Waals surface area contributed by atoms with Crippen molar-refractivity contribution >= 4 is 11.6 Å². The molecule has 1 rings (SSSR count). The van der Waals surface area contributed by atoms with E-state index in [2.05, 4.69) is 11.2 Å². The molecular weight excluding hydrogens is 204 g/mol. The number of anilines is 1. The number of terminal acetylenes is 1. The number of amides is 1. The van der Waals surface area contributed by atoms with E-state index in [4.69, 9.17) is 17.3 Å². The van der Waals surface area contributed by atoms with Crippen molar-refractivity contribution in [3.05, 3.63) is 29.8 Å². The van der Waals surface area contributed by atoms with Crippen LogP contribution in [-0.2, 0) is 11.4 Å². The Morgan fingerprint density at radius 3 is 2.62 bits per heavy atom. The predicted molar refractivity (Wildman–Crippen MR) is 62.4 cm³/mol. The van der Waals surface area contributed by atoms with Gasteiger partial charge in [-0.25, -0.2) is 0 Å². The summed E-state index contributed by atoms with van der Waals surface area (Å²) in [6.07, 6.45) is 5.27. The van der Waals surface area contributed by atoms with Gasteiger partial charge in [0, 0.05) is 12.1 Å². The minimum atomic E-state index is -0.692. The normalized spacial score (nSPS) is 11.6. The lowest BCUT2D eigenvalue weighted by Gasteiger charge is -2.09. The van der Waals surface area contributed by atoms with Crippen LogP contribution in [0.5, 0.6) is 0 Å². The van der Waals surface area contributed by atoms with Gasteiger partial charge in [-0.3, -0.25) is 4.79 Å². The van der Waals surface area contributed by atoms with Gasteiger partial charge in [0.1, 0.15) is 0 Å². The Balaban J connectivity index is 2.59. The van der Waals surface area contributed by atoms with Crippen molar-refractivity contribution in [3.8, 4) is 12.3 Å². The molecule has 1 atom stereocenters. The quantitative estimate of drug-likeness (QED) is 0.643. The summed E-state index contributed by atoms with van der Waals surface area (Å²) in [5, 5.41) is 11.5. The van der Waals surface area contributed by atoms with E-state index in [0.717, 1.165) is 5.56 Å². The van der Waals surface area contributed by atoms with Crippen molar-refractivity contribution < 1.29 is 9.90 Å². The van der Waals surface area contributed by atoms with Gasteiger partial charge >= 0.3 is 0 Å². The highest BCUT2D eigenvalue weighted by Gasteiger charge is 2.11. The SMILES string of the molecule is C#CCC(N)C(=O)Nc1ccc(CO)cc1. The predicted octanol–water partition coefficient (Wildman–Crippen LogP) is 0.468. The van der Waals surface area contributed by atoms with Crippen LogP contribution >= 0.6 is 0 Å². The molecule has 1 unspecified atom stereocenters. The van der Waals surface area contributed by atoms with Crippen LogP contribution in [0.15, 0.2) is 24.3 Å². The Bertz CT molecular complexity index is 392. The maximum Gasteiger partial charge on any atom is 0.242 e. The fourth-order valence-corrected chi connectivity index (χ4v) is 1.15. The average molecular weight is 218 g/mol. The maximum absolute atomic E-state index is 11.5. The molecule has 0 aromatic heterocycles. The van der Waals surface area contributed by atoms with Gasteiger partial charge in [0.2, 0.25) is 5.91 Å². The summed E-state index contributed by atoms with van der Waals surface area (Å²) in [4.78, 5) is 11.5. The molecule has 0 fully saturated rings. The third-order valence-electron chi connectivity index (χ3n) is 2.08. The molecule has 1 amide bonds. The summed E-state index contributed by atoms with van der Waals surface area (Å²) in [7, 11) is 0. The first-order valence-electron chi connectivity index (χ1n) is 4.87.